The van der Waals surface area contributed by atoms with Crippen molar-refractivity contribution in [2.24, 2.45) is 10.9 Å². The minimum atomic E-state index is 0.393. The standard InChI is InChI=1S/C19H39N3O2/c1-4-6-9-17(8-5-2)16-22-19(20-3)21-12-7-13-24-18-10-14-23-15-11-18/h17-18H,4-16H2,1-3H3,(H2,20,21,22). The fourth-order valence-electron chi connectivity index (χ4n) is 3.08. The zero-order chi connectivity index (χ0) is 17.5. The molecule has 1 saturated heterocycles. The van der Waals surface area contributed by atoms with E-state index in [0.717, 1.165) is 64.1 Å². The summed E-state index contributed by atoms with van der Waals surface area (Å²) >= 11 is 0. The summed E-state index contributed by atoms with van der Waals surface area (Å²) < 4.78 is 11.2. The van der Waals surface area contributed by atoms with Crippen molar-refractivity contribution in [3.8, 4) is 0 Å². The van der Waals surface area contributed by atoms with Crippen LogP contribution in [0.2, 0.25) is 0 Å². The third-order valence-corrected chi connectivity index (χ3v) is 4.58. The summed E-state index contributed by atoms with van der Waals surface area (Å²) in [5.41, 5.74) is 0. The van der Waals surface area contributed by atoms with Gasteiger partial charge in [-0.25, -0.2) is 0 Å². The molecule has 142 valence electrons. The number of hydrogen-bond donors (Lipinski definition) is 2. The van der Waals surface area contributed by atoms with Gasteiger partial charge in [0.25, 0.3) is 0 Å². The molecule has 1 aliphatic heterocycles. The summed E-state index contributed by atoms with van der Waals surface area (Å²) in [6, 6.07) is 0. The van der Waals surface area contributed by atoms with E-state index >= 15 is 0 Å². The molecule has 0 aliphatic carbocycles. The van der Waals surface area contributed by atoms with E-state index in [-0.39, 0.29) is 0 Å². The van der Waals surface area contributed by atoms with Gasteiger partial charge in [-0.3, -0.25) is 4.99 Å². The predicted molar refractivity (Wildman–Crippen MR) is 102 cm³/mol. The van der Waals surface area contributed by atoms with Crippen LogP contribution in [0.5, 0.6) is 0 Å². The van der Waals surface area contributed by atoms with Gasteiger partial charge in [0.1, 0.15) is 0 Å². The number of nitrogens with one attached hydrogen (secondary N) is 2. The first kappa shape index (κ1) is 21.2. The van der Waals surface area contributed by atoms with Crippen LogP contribution in [0.25, 0.3) is 0 Å². The van der Waals surface area contributed by atoms with Crippen LogP contribution in [-0.2, 0) is 9.47 Å². The van der Waals surface area contributed by atoms with Gasteiger partial charge in [0.15, 0.2) is 5.96 Å². The van der Waals surface area contributed by atoms with Crippen molar-refractivity contribution in [1.29, 1.82) is 0 Å². The van der Waals surface area contributed by atoms with E-state index in [1.54, 1.807) is 0 Å². The molecule has 1 heterocycles. The molecular weight excluding hydrogens is 302 g/mol. The van der Waals surface area contributed by atoms with Gasteiger partial charge >= 0.3 is 0 Å². The Morgan fingerprint density at radius 2 is 1.92 bits per heavy atom. The fraction of sp³-hybridized carbons (Fsp3) is 0.947. The molecule has 0 radical (unpaired) electrons. The predicted octanol–water partition coefficient (Wildman–Crippen LogP) is 3.34. The number of unbranched alkanes of at least 4 members (excludes halogenated alkanes) is 1. The molecule has 0 aromatic rings. The average Bonchev–Trinajstić information content (AvgIpc) is 2.62. The first-order valence-electron chi connectivity index (χ1n) is 9.94. The molecule has 24 heavy (non-hydrogen) atoms. The first-order valence-corrected chi connectivity index (χ1v) is 9.94. The second kappa shape index (κ2) is 14.5. The Labute approximate surface area is 149 Å². The topological polar surface area (TPSA) is 54.9 Å². The summed E-state index contributed by atoms with van der Waals surface area (Å²) in [5, 5.41) is 6.88. The maximum atomic E-state index is 5.89. The van der Waals surface area contributed by atoms with E-state index in [1.165, 1.54) is 32.1 Å². The van der Waals surface area contributed by atoms with Crippen LogP contribution in [0.3, 0.4) is 0 Å². The number of hydrogen-bond acceptors (Lipinski definition) is 3. The molecule has 0 amide bonds. The Bertz CT molecular complexity index is 318. The smallest absolute Gasteiger partial charge is 0.190 e. The lowest BCUT2D eigenvalue weighted by Crippen LogP contribution is -2.40. The summed E-state index contributed by atoms with van der Waals surface area (Å²) in [6.45, 7) is 8.95. The molecule has 5 nitrogen and oxygen atoms in total. The second-order valence-corrected chi connectivity index (χ2v) is 6.71. The van der Waals surface area contributed by atoms with Gasteiger partial charge in [-0.15, -0.1) is 0 Å². The lowest BCUT2D eigenvalue weighted by molar-refractivity contribution is -0.0320. The molecule has 1 rings (SSSR count). The summed E-state index contributed by atoms with van der Waals surface area (Å²) in [7, 11) is 1.84. The number of guanidine groups is 1. The van der Waals surface area contributed by atoms with Crippen LogP contribution >= 0.6 is 0 Å². The molecule has 1 fully saturated rings. The van der Waals surface area contributed by atoms with Crippen LogP contribution in [-0.4, -0.2) is 52.0 Å². The highest BCUT2D eigenvalue weighted by atomic mass is 16.5. The lowest BCUT2D eigenvalue weighted by atomic mass is 9.97. The Balaban J connectivity index is 2.10. The highest BCUT2D eigenvalue weighted by Crippen LogP contribution is 2.13. The van der Waals surface area contributed by atoms with Crippen molar-refractivity contribution in [2.75, 3.05) is 40.0 Å². The third-order valence-electron chi connectivity index (χ3n) is 4.58. The molecule has 0 spiro atoms. The molecule has 0 aromatic carbocycles. The molecule has 1 atom stereocenters. The van der Waals surface area contributed by atoms with Crippen molar-refractivity contribution in [3.05, 3.63) is 0 Å². The van der Waals surface area contributed by atoms with Gasteiger partial charge in [-0.1, -0.05) is 33.1 Å². The van der Waals surface area contributed by atoms with Crippen LogP contribution < -0.4 is 10.6 Å². The van der Waals surface area contributed by atoms with Gasteiger partial charge in [0.2, 0.25) is 0 Å². The Morgan fingerprint density at radius 3 is 2.58 bits per heavy atom. The fourth-order valence-corrected chi connectivity index (χ4v) is 3.08. The van der Waals surface area contributed by atoms with Gasteiger partial charge in [-0.05, 0) is 38.0 Å². The maximum absolute atomic E-state index is 5.89. The van der Waals surface area contributed by atoms with Crippen molar-refractivity contribution in [2.45, 2.75) is 71.3 Å². The zero-order valence-corrected chi connectivity index (χ0v) is 16.1. The molecule has 0 aromatic heterocycles. The summed E-state index contributed by atoms with van der Waals surface area (Å²) in [6.07, 6.45) is 9.93. The van der Waals surface area contributed by atoms with Crippen LogP contribution in [0.1, 0.15) is 65.2 Å². The van der Waals surface area contributed by atoms with E-state index in [1.807, 2.05) is 7.05 Å². The highest BCUT2D eigenvalue weighted by Gasteiger charge is 2.13. The van der Waals surface area contributed by atoms with Gasteiger partial charge in [-0.2, -0.15) is 0 Å². The van der Waals surface area contributed by atoms with Gasteiger partial charge in [0.05, 0.1) is 6.10 Å². The minimum absolute atomic E-state index is 0.393. The zero-order valence-electron chi connectivity index (χ0n) is 16.1. The van der Waals surface area contributed by atoms with Crippen molar-refractivity contribution in [3.63, 3.8) is 0 Å². The highest BCUT2D eigenvalue weighted by molar-refractivity contribution is 5.79. The molecular formula is C19H39N3O2. The lowest BCUT2D eigenvalue weighted by Gasteiger charge is -2.22. The van der Waals surface area contributed by atoms with Crippen molar-refractivity contribution < 1.29 is 9.47 Å². The van der Waals surface area contributed by atoms with Gasteiger partial charge < -0.3 is 20.1 Å². The van der Waals surface area contributed by atoms with E-state index in [4.69, 9.17) is 9.47 Å². The monoisotopic (exact) mass is 341 g/mol. The van der Waals surface area contributed by atoms with Crippen LogP contribution in [0.15, 0.2) is 4.99 Å². The Morgan fingerprint density at radius 1 is 1.12 bits per heavy atom. The van der Waals surface area contributed by atoms with E-state index in [2.05, 4.69) is 29.5 Å². The molecule has 0 saturated carbocycles. The molecule has 0 bridgehead atoms. The van der Waals surface area contributed by atoms with Crippen molar-refractivity contribution in [1.82, 2.24) is 10.6 Å². The molecule has 5 heteroatoms. The Hall–Kier alpha value is -0.810. The van der Waals surface area contributed by atoms with Crippen LogP contribution in [0.4, 0.5) is 0 Å². The second-order valence-electron chi connectivity index (χ2n) is 6.71. The molecule has 1 unspecified atom stereocenters. The molecule has 2 N–H and O–H groups in total. The van der Waals surface area contributed by atoms with E-state index in [0.29, 0.717) is 6.10 Å². The van der Waals surface area contributed by atoms with Crippen LogP contribution in [0, 0.1) is 5.92 Å². The third kappa shape index (κ3) is 10.1. The van der Waals surface area contributed by atoms with Gasteiger partial charge in [0, 0.05) is 40.0 Å². The minimum Gasteiger partial charge on any atom is -0.381 e. The first-order chi connectivity index (χ1) is 11.8. The summed E-state index contributed by atoms with van der Waals surface area (Å²) in [5.74, 6) is 1.67. The summed E-state index contributed by atoms with van der Waals surface area (Å²) in [4.78, 5) is 4.32. The number of aliphatic imine (C=N–C) groups is 1. The number of nitrogens with zero attached hydrogens (tertiary/aromatic N) is 1. The maximum Gasteiger partial charge on any atom is 0.190 e. The van der Waals surface area contributed by atoms with Crippen molar-refractivity contribution >= 4 is 5.96 Å². The largest absolute Gasteiger partial charge is 0.381 e. The number of rotatable bonds is 12. The normalized spacial score (nSPS) is 17.7. The number of ether oxygens (including phenoxy) is 2. The van der Waals surface area contributed by atoms with E-state index < -0.39 is 0 Å². The SMILES string of the molecule is CCCCC(CCC)CNC(=NC)NCCCOC1CCOCC1. The molecule has 1 aliphatic rings. The quantitative estimate of drug-likeness (QED) is 0.325. The Kier molecular flexibility index (Phi) is 12.9. The average molecular weight is 342 g/mol. The van der Waals surface area contributed by atoms with E-state index in [9.17, 15) is 0 Å².